The van der Waals surface area contributed by atoms with Crippen molar-refractivity contribution in [2.24, 2.45) is 23.7 Å². The van der Waals surface area contributed by atoms with Crippen LogP contribution in [0.1, 0.15) is 65.2 Å². The van der Waals surface area contributed by atoms with E-state index in [-0.39, 0.29) is 0 Å². The van der Waals surface area contributed by atoms with E-state index in [4.69, 9.17) is 4.74 Å². The zero-order valence-electron chi connectivity index (χ0n) is 13.4. The second-order valence-corrected chi connectivity index (χ2v) is 7.50. The number of fused-ring (bicyclic) bond motifs is 2. The minimum absolute atomic E-state index is 0.517. The van der Waals surface area contributed by atoms with Gasteiger partial charge < -0.3 is 10.1 Å². The van der Waals surface area contributed by atoms with Crippen molar-refractivity contribution >= 4 is 0 Å². The zero-order valence-corrected chi connectivity index (χ0v) is 13.4. The molecule has 1 aliphatic heterocycles. The van der Waals surface area contributed by atoms with Crippen LogP contribution in [0.25, 0.3) is 0 Å². The SMILES string of the molecule is CCCNC(CC1CC2CCC1C2)C1CCOC1CC. The van der Waals surface area contributed by atoms with Crippen LogP contribution >= 0.6 is 0 Å². The lowest BCUT2D eigenvalue weighted by molar-refractivity contribution is 0.0725. The van der Waals surface area contributed by atoms with Crippen LogP contribution in [0.15, 0.2) is 0 Å². The van der Waals surface area contributed by atoms with Crippen molar-refractivity contribution in [3.05, 3.63) is 0 Å². The van der Waals surface area contributed by atoms with Gasteiger partial charge in [0.05, 0.1) is 6.10 Å². The molecule has 0 aromatic carbocycles. The summed E-state index contributed by atoms with van der Waals surface area (Å²) in [7, 11) is 0. The van der Waals surface area contributed by atoms with E-state index in [1.165, 1.54) is 51.5 Å². The van der Waals surface area contributed by atoms with E-state index in [9.17, 15) is 0 Å². The first-order valence-corrected chi connectivity index (χ1v) is 9.16. The molecule has 6 atom stereocenters. The highest BCUT2D eigenvalue weighted by Gasteiger charge is 2.42. The molecule has 116 valence electrons. The van der Waals surface area contributed by atoms with Crippen LogP contribution in [0.3, 0.4) is 0 Å². The number of rotatable bonds is 7. The Bertz CT molecular complexity index is 306. The molecule has 20 heavy (non-hydrogen) atoms. The van der Waals surface area contributed by atoms with E-state index in [1.807, 2.05) is 0 Å². The van der Waals surface area contributed by atoms with E-state index < -0.39 is 0 Å². The highest BCUT2D eigenvalue weighted by Crippen LogP contribution is 2.50. The highest BCUT2D eigenvalue weighted by molar-refractivity contribution is 4.94. The minimum atomic E-state index is 0.517. The molecule has 2 heteroatoms. The average Bonchev–Trinajstić information content (AvgIpc) is 3.18. The van der Waals surface area contributed by atoms with Crippen LogP contribution in [-0.4, -0.2) is 25.3 Å². The Morgan fingerprint density at radius 3 is 2.70 bits per heavy atom. The maximum atomic E-state index is 5.96. The Hall–Kier alpha value is -0.0800. The molecule has 0 aromatic heterocycles. The quantitative estimate of drug-likeness (QED) is 0.760. The van der Waals surface area contributed by atoms with Crippen molar-refractivity contribution in [1.29, 1.82) is 0 Å². The summed E-state index contributed by atoms with van der Waals surface area (Å²) in [6.45, 7) is 6.74. The smallest absolute Gasteiger partial charge is 0.0616 e. The van der Waals surface area contributed by atoms with Gasteiger partial charge in [0, 0.05) is 18.6 Å². The van der Waals surface area contributed by atoms with Crippen LogP contribution in [0, 0.1) is 23.7 Å². The van der Waals surface area contributed by atoms with Crippen molar-refractivity contribution in [2.45, 2.75) is 77.4 Å². The molecule has 6 unspecified atom stereocenters. The maximum absolute atomic E-state index is 5.96. The third-order valence-electron chi connectivity index (χ3n) is 6.28. The Kier molecular flexibility index (Phi) is 5.04. The molecule has 1 heterocycles. The lowest BCUT2D eigenvalue weighted by Crippen LogP contribution is -2.42. The van der Waals surface area contributed by atoms with Crippen molar-refractivity contribution in [3.63, 3.8) is 0 Å². The number of hydrogen-bond acceptors (Lipinski definition) is 2. The van der Waals surface area contributed by atoms with Crippen LogP contribution < -0.4 is 5.32 Å². The van der Waals surface area contributed by atoms with Crippen molar-refractivity contribution in [2.75, 3.05) is 13.2 Å². The molecule has 2 saturated carbocycles. The molecule has 1 N–H and O–H groups in total. The van der Waals surface area contributed by atoms with Gasteiger partial charge in [0.2, 0.25) is 0 Å². The van der Waals surface area contributed by atoms with Gasteiger partial charge in [-0.05, 0) is 69.2 Å². The fourth-order valence-corrected chi connectivity index (χ4v) is 5.28. The van der Waals surface area contributed by atoms with Gasteiger partial charge in [-0.15, -0.1) is 0 Å². The van der Waals surface area contributed by atoms with E-state index >= 15 is 0 Å². The summed E-state index contributed by atoms with van der Waals surface area (Å²) in [6, 6.07) is 0.715. The largest absolute Gasteiger partial charge is 0.378 e. The molecule has 2 aliphatic carbocycles. The standard InChI is InChI=1S/C18H33NO/c1-3-8-19-17(16-7-9-20-18(16)4-2)12-15-11-13-5-6-14(15)10-13/h13-19H,3-12H2,1-2H3. The van der Waals surface area contributed by atoms with Crippen LogP contribution in [0.5, 0.6) is 0 Å². The fourth-order valence-electron chi connectivity index (χ4n) is 5.28. The normalized spacial score (nSPS) is 41.4. The summed E-state index contributed by atoms with van der Waals surface area (Å²) < 4.78 is 5.96. The number of ether oxygens (including phenoxy) is 1. The molecule has 0 spiro atoms. The molecule has 2 nitrogen and oxygen atoms in total. The van der Waals surface area contributed by atoms with Crippen LogP contribution in [0.2, 0.25) is 0 Å². The summed E-state index contributed by atoms with van der Waals surface area (Å²) in [5.74, 6) is 3.93. The van der Waals surface area contributed by atoms with Gasteiger partial charge in [0.1, 0.15) is 0 Å². The van der Waals surface area contributed by atoms with Gasteiger partial charge in [0.25, 0.3) is 0 Å². The number of nitrogens with one attached hydrogen (secondary N) is 1. The molecule has 2 bridgehead atoms. The summed E-state index contributed by atoms with van der Waals surface area (Å²) in [6.07, 6.45) is 11.8. The Morgan fingerprint density at radius 1 is 1.15 bits per heavy atom. The number of hydrogen-bond donors (Lipinski definition) is 1. The van der Waals surface area contributed by atoms with Crippen molar-refractivity contribution in [3.8, 4) is 0 Å². The van der Waals surface area contributed by atoms with E-state index in [2.05, 4.69) is 19.2 Å². The van der Waals surface area contributed by atoms with E-state index in [1.54, 1.807) is 6.42 Å². The van der Waals surface area contributed by atoms with Crippen LogP contribution in [-0.2, 0) is 4.74 Å². The molecule has 0 radical (unpaired) electrons. The average molecular weight is 279 g/mol. The second kappa shape index (κ2) is 6.79. The first kappa shape index (κ1) is 14.8. The summed E-state index contributed by atoms with van der Waals surface area (Å²) >= 11 is 0. The Labute approximate surface area is 125 Å². The topological polar surface area (TPSA) is 21.3 Å². The maximum Gasteiger partial charge on any atom is 0.0616 e. The summed E-state index contributed by atoms with van der Waals surface area (Å²) in [5.41, 5.74) is 0. The van der Waals surface area contributed by atoms with Crippen molar-refractivity contribution in [1.82, 2.24) is 5.32 Å². The lowest BCUT2D eigenvalue weighted by Gasteiger charge is -2.33. The summed E-state index contributed by atoms with van der Waals surface area (Å²) in [5, 5.41) is 3.88. The Balaban J connectivity index is 1.60. The third-order valence-corrected chi connectivity index (χ3v) is 6.28. The molecular formula is C18H33NO. The van der Waals surface area contributed by atoms with Gasteiger partial charge in [-0.3, -0.25) is 0 Å². The van der Waals surface area contributed by atoms with Gasteiger partial charge in [-0.1, -0.05) is 20.3 Å². The van der Waals surface area contributed by atoms with Gasteiger partial charge in [-0.2, -0.15) is 0 Å². The molecule has 1 saturated heterocycles. The lowest BCUT2D eigenvalue weighted by atomic mass is 9.79. The molecular weight excluding hydrogens is 246 g/mol. The summed E-state index contributed by atoms with van der Waals surface area (Å²) in [4.78, 5) is 0. The van der Waals surface area contributed by atoms with Gasteiger partial charge in [-0.25, -0.2) is 0 Å². The Morgan fingerprint density at radius 2 is 2.05 bits per heavy atom. The monoisotopic (exact) mass is 279 g/mol. The second-order valence-electron chi connectivity index (χ2n) is 7.50. The molecule has 3 aliphatic rings. The van der Waals surface area contributed by atoms with Crippen molar-refractivity contribution < 1.29 is 4.74 Å². The minimum Gasteiger partial charge on any atom is -0.378 e. The molecule has 3 rings (SSSR count). The predicted molar refractivity (Wildman–Crippen MR) is 83.8 cm³/mol. The molecule has 0 amide bonds. The molecule has 3 fully saturated rings. The fraction of sp³-hybridized carbons (Fsp3) is 1.00. The van der Waals surface area contributed by atoms with E-state index in [0.29, 0.717) is 12.1 Å². The zero-order chi connectivity index (χ0) is 13.9. The highest BCUT2D eigenvalue weighted by atomic mass is 16.5. The van der Waals surface area contributed by atoms with Gasteiger partial charge >= 0.3 is 0 Å². The third kappa shape index (κ3) is 3.06. The van der Waals surface area contributed by atoms with Gasteiger partial charge in [0.15, 0.2) is 0 Å². The van der Waals surface area contributed by atoms with Crippen LogP contribution in [0.4, 0.5) is 0 Å². The van der Waals surface area contributed by atoms with E-state index in [0.717, 1.165) is 30.3 Å². The first-order valence-electron chi connectivity index (χ1n) is 9.16. The predicted octanol–water partition coefficient (Wildman–Crippen LogP) is 4.00. The molecule has 0 aromatic rings. The first-order chi connectivity index (χ1) is 9.81.